The molecule has 0 unspecified atom stereocenters. The summed E-state index contributed by atoms with van der Waals surface area (Å²) in [7, 11) is 7.60. The maximum absolute atomic E-state index is 12.3. The smallest absolute Gasteiger partial charge is 0.409 e. The van der Waals surface area contributed by atoms with Gasteiger partial charge in [0, 0.05) is 25.8 Å². The Labute approximate surface area is 217 Å². The van der Waals surface area contributed by atoms with Crippen LogP contribution in [0.4, 0.5) is 16.7 Å². The molecule has 6 rings (SSSR count). The van der Waals surface area contributed by atoms with Crippen molar-refractivity contribution in [1.29, 1.82) is 0 Å². The molecule has 2 radical (unpaired) electrons. The average Bonchev–Trinajstić information content (AvgIpc) is 3.64. The summed E-state index contributed by atoms with van der Waals surface area (Å²) in [4.78, 5) is 33.8. The van der Waals surface area contributed by atoms with E-state index in [1.165, 1.54) is 12.7 Å². The van der Waals surface area contributed by atoms with Crippen molar-refractivity contribution >= 4 is 48.0 Å². The number of nitrogens with zero attached hydrogens (tertiary/aromatic N) is 7. The first kappa shape index (κ1) is 24.9. The van der Waals surface area contributed by atoms with Gasteiger partial charge in [-0.3, -0.25) is 0 Å². The Balaban J connectivity index is 0.00000137. The predicted molar refractivity (Wildman–Crippen MR) is 144 cm³/mol. The Morgan fingerprint density at radius 1 is 1.24 bits per heavy atom. The first-order chi connectivity index (χ1) is 18.0. The van der Waals surface area contributed by atoms with Crippen molar-refractivity contribution in [2.45, 2.75) is 46.2 Å². The lowest BCUT2D eigenvalue weighted by Gasteiger charge is -2.35. The molecule has 2 fully saturated rings. The molecule has 37 heavy (non-hydrogen) atoms. The molecule has 11 nitrogen and oxygen atoms in total. The molecular weight excluding hydrogens is 469 g/mol. The minimum absolute atomic E-state index is 0.0775. The van der Waals surface area contributed by atoms with Crippen LogP contribution < -0.4 is 15.7 Å². The number of rotatable bonds is 4. The number of carbonyl (C=O) groups excluding carboxylic acids is 1. The van der Waals surface area contributed by atoms with Crippen molar-refractivity contribution in [1.82, 2.24) is 34.4 Å². The first-order valence-electron chi connectivity index (χ1n) is 12.8. The zero-order valence-corrected chi connectivity index (χ0v) is 21.7. The van der Waals surface area contributed by atoms with Gasteiger partial charge in [-0.25, -0.2) is 9.78 Å². The van der Waals surface area contributed by atoms with E-state index in [0.29, 0.717) is 48.6 Å². The van der Waals surface area contributed by atoms with E-state index < -0.39 is 0 Å². The normalized spacial score (nSPS) is 19.0. The number of ether oxygens (including phenoxy) is 1. The summed E-state index contributed by atoms with van der Waals surface area (Å²) in [6, 6.07) is 6.20. The molecule has 192 valence electrons. The van der Waals surface area contributed by atoms with Crippen LogP contribution in [0.2, 0.25) is 0 Å². The van der Waals surface area contributed by atoms with Gasteiger partial charge in [0.05, 0.1) is 30.7 Å². The van der Waals surface area contributed by atoms with Crippen LogP contribution in [0.1, 0.15) is 38.1 Å². The third-order valence-corrected chi connectivity index (χ3v) is 6.96. The van der Waals surface area contributed by atoms with Crippen LogP contribution in [0.5, 0.6) is 0 Å². The van der Waals surface area contributed by atoms with E-state index in [2.05, 4.69) is 38.3 Å². The van der Waals surface area contributed by atoms with Crippen molar-refractivity contribution in [3.05, 3.63) is 35.8 Å². The molecule has 2 saturated heterocycles. The van der Waals surface area contributed by atoms with Crippen LogP contribution in [0, 0.1) is 12.8 Å². The number of hydrogen-bond donors (Lipinski definition) is 2. The van der Waals surface area contributed by atoms with Gasteiger partial charge in [0.1, 0.15) is 13.7 Å². The number of likely N-dealkylation sites (tertiary alicyclic amines) is 1. The third-order valence-electron chi connectivity index (χ3n) is 6.96. The lowest BCUT2D eigenvalue weighted by atomic mass is 9.92. The Kier molecular flexibility index (Phi) is 6.90. The van der Waals surface area contributed by atoms with Crippen LogP contribution >= 0.6 is 0 Å². The van der Waals surface area contributed by atoms with Crippen molar-refractivity contribution in [3.63, 3.8) is 0 Å². The number of hydrogen-bond acceptors (Lipinski definition) is 8. The van der Waals surface area contributed by atoms with Gasteiger partial charge in [-0.05, 0) is 48.8 Å². The Bertz CT molecular complexity index is 1420. The predicted octanol–water partition coefficient (Wildman–Crippen LogP) is 2.41. The van der Waals surface area contributed by atoms with Gasteiger partial charge in [-0.1, -0.05) is 19.9 Å². The molecule has 5 heterocycles. The second-order valence-electron chi connectivity index (χ2n) is 9.28. The molecule has 1 aromatic carbocycles. The quantitative estimate of drug-likeness (QED) is 0.410. The average molecular weight is 501 g/mol. The van der Waals surface area contributed by atoms with Gasteiger partial charge < -0.3 is 24.8 Å². The fourth-order valence-electron chi connectivity index (χ4n) is 5.25. The largest absolute Gasteiger partial charge is 0.453 e. The summed E-state index contributed by atoms with van der Waals surface area (Å²) in [5, 5.41) is 7.70. The highest BCUT2D eigenvalue weighted by atomic mass is 16.5. The Hall–Kier alpha value is -3.83. The van der Waals surface area contributed by atoms with Crippen molar-refractivity contribution in [2.24, 2.45) is 5.92 Å². The van der Waals surface area contributed by atoms with Gasteiger partial charge in [-0.2, -0.15) is 19.6 Å². The number of aryl methyl sites for hydroxylation is 1. The van der Waals surface area contributed by atoms with Gasteiger partial charge in [0.25, 0.3) is 0 Å². The maximum atomic E-state index is 12.3. The van der Waals surface area contributed by atoms with E-state index in [4.69, 9.17) is 22.6 Å². The highest BCUT2D eigenvalue weighted by molar-refractivity contribution is 6.36. The number of fused-ring (bicyclic) bond motifs is 3. The Morgan fingerprint density at radius 3 is 2.89 bits per heavy atom. The monoisotopic (exact) mass is 501 g/mol. The summed E-state index contributed by atoms with van der Waals surface area (Å²) in [6.45, 7) is 8.61. The number of imidazole rings is 1. The van der Waals surface area contributed by atoms with Crippen molar-refractivity contribution in [2.75, 3.05) is 37.0 Å². The number of benzene rings is 1. The SMILES string of the molecule is CC.[B]c1cnn2c(NCc3nc4ccc(C)cc4[nH]3)nc(N3C[C@@H]4CCCN(C(=O)OC)[C@@H]4C3)nc12. The van der Waals surface area contributed by atoms with Crippen LogP contribution in [0.25, 0.3) is 16.7 Å². The minimum atomic E-state index is -0.277. The molecule has 12 heteroatoms. The van der Waals surface area contributed by atoms with Gasteiger partial charge in [0.2, 0.25) is 11.9 Å². The lowest BCUT2D eigenvalue weighted by Crippen LogP contribution is -2.48. The number of aromatic nitrogens is 6. The zero-order valence-electron chi connectivity index (χ0n) is 21.7. The van der Waals surface area contributed by atoms with Gasteiger partial charge in [-0.15, -0.1) is 0 Å². The highest BCUT2D eigenvalue weighted by Crippen LogP contribution is 2.33. The van der Waals surface area contributed by atoms with E-state index in [0.717, 1.165) is 36.2 Å². The number of nitrogens with one attached hydrogen (secondary N) is 2. The van der Waals surface area contributed by atoms with Crippen LogP contribution in [-0.4, -0.2) is 81.2 Å². The van der Waals surface area contributed by atoms with E-state index >= 15 is 0 Å². The number of piperidine rings is 1. The number of carbonyl (C=O) groups is 1. The highest BCUT2D eigenvalue weighted by Gasteiger charge is 2.42. The van der Waals surface area contributed by atoms with Crippen LogP contribution in [0.15, 0.2) is 24.4 Å². The molecule has 2 aliphatic rings. The molecular formula is C25H32BN9O2. The van der Waals surface area contributed by atoms with Gasteiger partial charge in [0.15, 0.2) is 5.65 Å². The number of aromatic amines is 1. The molecule has 1 amide bonds. The second kappa shape index (κ2) is 10.3. The zero-order chi connectivity index (χ0) is 26.1. The fraction of sp³-hybridized carbons (Fsp3) is 0.480. The molecule has 0 aliphatic carbocycles. The van der Waals surface area contributed by atoms with E-state index in [-0.39, 0.29) is 12.1 Å². The van der Waals surface area contributed by atoms with Crippen LogP contribution in [0.3, 0.4) is 0 Å². The molecule has 2 atom stereocenters. The number of anilines is 2. The maximum Gasteiger partial charge on any atom is 0.409 e. The number of methoxy groups -OCH3 is 1. The summed E-state index contributed by atoms with van der Waals surface area (Å²) in [6.07, 6.45) is 3.32. The number of amides is 1. The Morgan fingerprint density at radius 2 is 2.08 bits per heavy atom. The summed E-state index contributed by atoms with van der Waals surface area (Å²) >= 11 is 0. The second-order valence-corrected chi connectivity index (χ2v) is 9.28. The van der Waals surface area contributed by atoms with E-state index in [1.54, 1.807) is 10.7 Å². The molecule has 2 N–H and O–H groups in total. The van der Waals surface area contributed by atoms with Crippen molar-refractivity contribution < 1.29 is 9.53 Å². The summed E-state index contributed by atoms with van der Waals surface area (Å²) in [5.41, 5.74) is 4.10. The topological polar surface area (TPSA) is 117 Å². The van der Waals surface area contributed by atoms with E-state index in [9.17, 15) is 4.79 Å². The molecule has 0 spiro atoms. The molecule has 0 bridgehead atoms. The summed E-state index contributed by atoms with van der Waals surface area (Å²) in [5.74, 6) is 2.23. The standard InChI is InChI=1S/C23H26BN9O2.C2H6/c1-13-5-6-16-17(8-13)28-19(27-16)10-25-21-30-22(29-20-15(24)9-26-33(20)21)31-11-14-4-3-7-32(18(14)12-31)23(34)35-2;1-2/h5-6,8-9,14,18H,3-4,7,10-12H2,1-2H3,(H,27,28)(H,25,29,30);1-2H3/t14-,18+;/m0./s1. The molecule has 2 aliphatic heterocycles. The fourth-order valence-corrected chi connectivity index (χ4v) is 5.25. The number of H-pyrrole nitrogens is 1. The van der Waals surface area contributed by atoms with Crippen molar-refractivity contribution in [3.8, 4) is 0 Å². The van der Waals surface area contributed by atoms with Gasteiger partial charge >= 0.3 is 6.09 Å². The molecule has 3 aromatic heterocycles. The van der Waals surface area contributed by atoms with E-state index in [1.807, 2.05) is 30.9 Å². The third kappa shape index (κ3) is 4.67. The molecule has 0 saturated carbocycles. The molecule has 4 aromatic rings. The lowest BCUT2D eigenvalue weighted by molar-refractivity contribution is 0.0812. The summed E-state index contributed by atoms with van der Waals surface area (Å²) < 4.78 is 6.62. The van der Waals surface area contributed by atoms with Crippen LogP contribution in [-0.2, 0) is 11.3 Å². The minimum Gasteiger partial charge on any atom is -0.453 e. The first-order valence-corrected chi connectivity index (χ1v) is 12.8.